The Morgan fingerprint density at radius 3 is 2.76 bits per heavy atom. The molecule has 1 aromatic rings. The molecule has 17 heavy (non-hydrogen) atoms. The zero-order valence-electron chi connectivity index (χ0n) is 8.71. The average molecular weight is 305 g/mol. The third kappa shape index (κ3) is 2.77. The first-order chi connectivity index (χ1) is 8.04. The number of carbonyl (C=O) groups is 1. The Bertz CT molecular complexity index is 486. The highest BCUT2D eigenvalue weighted by Gasteiger charge is 2.21. The number of nitriles is 1. The number of methoxy groups -OCH3 is 1. The predicted octanol–water partition coefficient (Wildman–Crippen LogP) is 2.57. The van der Waals surface area contributed by atoms with Crippen LogP contribution in [0.4, 0.5) is 8.78 Å². The normalized spacial score (nSPS) is 10.1. The third-order valence-corrected chi connectivity index (χ3v) is 2.57. The molecule has 0 amide bonds. The minimum absolute atomic E-state index is 0.0208. The van der Waals surface area contributed by atoms with Crippen molar-refractivity contribution in [1.82, 2.24) is 4.98 Å². The first kappa shape index (κ1) is 13.5. The molecule has 1 heterocycles. The lowest BCUT2D eigenvalue weighted by atomic mass is 10.1. The molecule has 0 N–H and O–H groups in total. The number of alkyl halides is 3. The van der Waals surface area contributed by atoms with Crippen molar-refractivity contribution < 1.29 is 18.3 Å². The van der Waals surface area contributed by atoms with Crippen LogP contribution in [0.2, 0.25) is 0 Å². The Kier molecular flexibility index (Phi) is 4.52. The average Bonchev–Trinajstić information content (AvgIpc) is 2.35. The summed E-state index contributed by atoms with van der Waals surface area (Å²) in [4.78, 5) is 14.7. The number of rotatable bonds is 3. The van der Waals surface area contributed by atoms with Crippen molar-refractivity contribution >= 4 is 21.9 Å². The van der Waals surface area contributed by atoms with Crippen molar-refractivity contribution in [2.75, 3.05) is 7.11 Å². The van der Waals surface area contributed by atoms with Gasteiger partial charge in [0.1, 0.15) is 11.4 Å². The van der Waals surface area contributed by atoms with Crippen LogP contribution in [0.1, 0.15) is 33.7 Å². The molecule has 1 aromatic heterocycles. The summed E-state index contributed by atoms with van der Waals surface area (Å²) in [7, 11) is 1.11. The number of halogens is 3. The molecule has 0 saturated carbocycles. The van der Waals surface area contributed by atoms with Gasteiger partial charge in [-0.15, -0.1) is 0 Å². The first-order valence-electron chi connectivity index (χ1n) is 4.41. The molecule has 0 aliphatic heterocycles. The molecule has 0 aliphatic carbocycles. The highest BCUT2D eigenvalue weighted by molar-refractivity contribution is 9.08. The van der Waals surface area contributed by atoms with Gasteiger partial charge in [-0.25, -0.2) is 18.6 Å². The topological polar surface area (TPSA) is 63.0 Å². The van der Waals surface area contributed by atoms with E-state index in [4.69, 9.17) is 5.26 Å². The monoisotopic (exact) mass is 304 g/mol. The van der Waals surface area contributed by atoms with Gasteiger partial charge in [0, 0.05) is 10.9 Å². The Labute approximate surface area is 104 Å². The van der Waals surface area contributed by atoms with Gasteiger partial charge in [-0.2, -0.15) is 5.26 Å². The van der Waals surface area contributed by atoms with Gasteiger partial charge in [-0.1, -0.05) is 15.9 Å². The van der Waals surface area contributed by atoms with Gasteiger partial charge in [0.25, 0.3) is 6.43 Å². The highest BCUT2D eigenvalue weighted by Crippen LogP contribution is 2.26. The van der Waals surface area contributed by atoms with Crippen LogP contribution in [0.25, 0.3) is 0 Å². The van der Waals surface area contributed by atoms with Crippen LogP contribution in [0.3, 0.4) is 0 Å². The van der Waals surface area contributed by atoms with Gasteiger partial charge in [-0.3, -0.25) is 0 Å². The van der Waals surface area contributed by atoms with E-state index in [0.29, 0.717) is 0 Å². The third-order valence-electron chi connectivity index (χ3n) is 2.01. The number of esters is 1. The second-order valence-electron chi connectivity index (χ2n) is 2.96. The SMILES string of the molecule is COC(=O)c1cc(C#N)c(CBr)c(C(F)F)n1. The van der Waals surface area contributed by atoms with E-state index in [1.165, 1.54) is 0 Å². The number of carbonyl (C=O) groups excluding carboxylic acids is 1. The fourth-order valence-electron chi connectivity index (χ4n) is 1.22. The fourth-order valence-corrected chi connectivity index (χ4v) is 1.81. The lowest BCUT2D eigenvalue weighted by Crippen LogP contribution is -2.10. The molecule has 4 nitrogen and oxygen atoms in total. The van der Waals surface area contributed by atoms with Crippen LogP contribution in [0.5, 0.6) is 0 Å². The van der Waals surface area contributed by atoms with Gasteiger partial charge in [-0.05, 0) is 6.07 Å². The number of aromatic nitrogens is 1. The standard InChI is InChI=1S/C10H7BrF2N2O2/c1-17-10(16)7-2-5(4-14)6(3-11)8(15-7)9(12)13/h2,9H,3H2,1H3. The summed E-state index contributed by atoms with van der Waals surface area (Å²) in [6.07, 6.45) is -2.86. The number of nitrogens with zero attached hydrogens (tertiary/aromatic N) is 2. The van der Waals surface area contributed by atoms with E-state index in [-0.39, 0.29) is 22.2 Å². The van der Waals surface area contributed by atoms with Gasteiger partial charge >= 0.3 is 5.97 Å². The molecular formula is C10H7BrF2N2O2. The maximum absolute atomic E-state index is 12.7. The summed E-state index contributed by atoms with van der Waals surface area (Å²) >= 11 is 3.01. The van der Waals surface area contributed by atoms with Crippen LogP contribution < -0.4 is 0 Å². The maximum atomic E-state index is 12.7. The molecule has 0 aromatic carbocycles. The second kappa shape index (κ2) is 5.68. The van der Waals surface area contributed by atoms with Crippen LogP contribution in [-0.4, -0.2) is 18.1 Å². The van der Waals surface area contributed by atoms with E-state index in [1.807, 2.05) is 0 Å². The Morgan fingerprint density at radius 2 is 2.35 bits per heavy atom. The summed E-state index contributed by atoms with van der Waals surface area (Å²) in [6.45, 7) is 0. The molecule has 0 radical (unpaired) electrons. The van der Waals surface area contributed by atoms with E-state index in [2.05, 4.69) is 25.7 Å². The molecule has 0 spiro atoms. The zero-order chi connectivity index (χ0) is 13.0. The summed E-state index contributed by atoms with van der Waals surface area (Å²) in [5, 5.41) is 8.90. The van der Waals surface area contributed by atoms with Crippen molar-refractivity contribution in [2.24, 2.45) is 0 Å². The van der Waals surface area contributed by atoms with Crippen LogP contribution >= 0.6 is 15.9 Å². The van der Waals surface area contributed by atoms with Crippen molar-refractivity contribution in [3.05, 3.63) is 28.6 Å². The smallest absolute Gasteiger partial charge is 0.356 e. The van der Waals surface area contributed by atoms with Crippen LogP contribution in [-0.2, 0) is 10.1 Å². The number of pyridine rings is 1. The largest absolute Gasteiger partial charge is 0.464 e. The van der Waals surface area contributed by atoms with Crippen molar-refractivity contribution in [2.45, 2.75) is 11.8 Å². The number of hydrogen-bond acceptors (Lipinski definition) is 4. The van der Waals surface area contributed by atoms with Gasteiger partial charge in [0.2, 0.25) is 0 Å². The molecule has 0 unspecified atom stereocenters. The fraction of sp³-hybridized carbons (Fsp3) is 0.300. The highest BCUT2D eigenvalue weighted by atomic mass is 79.9. The predicted molar refractivity (Wildman–Crippen MR) is 57.9 cm³/mol. The lowest BCUT2D eigenvalue weighted by Gasteiger charge is -2.09. The lowest BCUT2D eigenvalue weighted by molar-refractivity contribution is 0.0592. The van der Waals surface area contributed by atoms with Crippen molar-refractivity contribution in [1.29, 1.82) is 5.26 Å². The van der Waals surface area contributed by atoms with E-state index < -0.39 is 18.1 Å². The van der Waals surface area contributed by atoms with E-state index >= 15 is 0 Å². The van der Waals surface area contributed by atoms with Crippen LogP contribution in [0.15, 0.2) is 6.07 Å². The minimum atomic E-state index is -2.86. The molecular weight excluding hydrogens is 298 g/mol. The molecule has 1 rings (SSSR count). The van der Waals surface area contributed by atoms with Gasteiger partial charge in [0.05, 0.1) is 18.7 Å². The molecule has 0 bridgehead atoms. The zero-order valence-corrected chi connectivity index (χ0v) is 10.3. The summed E-state index contributed by atoms with van der Waals surface area (Å²) in [5.74, 6) is -0.857. The first-order valence-corrected chi connectivity index (χ1v) is 5.53. The van der Waals surface area contributed by atoms with E-state index in [9.17, 15) is 13.6 Å². The Morgan fingerprint density at radius 1 is 1.71 bits per heavy atom. The van der Waals surface area contributed by atoms with Crippen molar-refractivity contribution in [3.8, 4) is 6.07 Å². The summed E-state index contributed by atoms with van der Waals surface area (Å²) in [5.41, 5.74) is -0.826. The minimum Gasteiger partial charge on any atom is -0.464 e. The summed E-state index contributed by atoms with van der Waals surface area (Å²) < 4.78 is 29.8. The second-order valence-corrected chi connectivity index (χ2v) is 3.52. The number of ether oxygens (including phenoxy) is 1. The molecule has 7 heteroatoms. The molecule has 0 fully saturated rings. The van der Waals surface area contributed by atoms with E-state index in [1.54, 1.807) is 6.07 Å². The molecule has 90 valence electrons. The Hall–Kier alpha value is -1.55. The molecule has 0 atom stereocenters. The van der Waals surface area contributed by atoms with Crippen molar-refractivity contribution in [3.63, 3.8) is 0 Å². The maximum Gasteiger partial charge on any atom is 0.356 e. The van der Waals surface area contributed by atoms with Gasteiger partial charge < -0.3 is 4.74 Å². The van der Waals surface area contributed by atoms with Gasteiger partial charge in [0.15, 0.2) is 0 Å². The summed E-state index contributed by atoms with van der Waals surface area (Å²) in [6, 6.07) is 2.88. The Balaban J connectivity index is 3.47. The van der Waals surface area contributed by atoms with E-state index in [0.717, 1.165) is 13.2 Å². The quantitative estimate of drug-likeness (QED) is 0.636. The number of hydrogen-bond donors (Lipinski definition) is 0. The van der Waals surface area contributed by atoms with Crippen LogP contribution in [0, 0.1) is 11.3 Å². The molecule has 0 saturated heterocycles. The molecule has 0 aliphatic rings.